The van der Waals surface area contributed by atoms with Gasteiger partial charge in [0.1, 0.15) is 17.7 Å². The predicted molar refractivity (Wildman–Crippen MR) is 64.7 cm³/mol. The molecule has 1 aromatic rings. The van der Waals surface area contributed by atoms with E-state index in [1.165, 1.54) is 13.2 Å². The first kappa shape index (κ1) is 13.0. The molecule has 0 bridgehead atoms. The molecule has 0 aliphatic rings. The quantitative estimate of drug-likeness (QED) is 0.620. The number of carbonyl (C=O) groups is 1. The molecule has 5 heteroatoms. The Morgan fingerprint density at radius 2 is 2.06 bits per heavy atom. The highest BCUT2D eigenvalue weighted by Gasteiger charge is 2.09. The third kappa shape index (κ3) is 3.17. The van der Waals surface area contributed by atoms with Crippen molar-refractivity contribution in [2.24, 2.45) is 0 Å². The van der Waals surface area contributed by atoms with Crippen molar-refractivity contribution < 1.29 is 9.53 Å². The van der Waals surface area contributed by atoms with E-state index in [1.807, 2.05) is 0 Å². The van der Waals surface area contributed by atoms with Gasteiger partial charge in [0.2, 0.25) is 0 Å². The minimum atomic E-state index is -0.451. The second kappa shape index (κ2) is 5.83. The zero-order chi connectivity index (χ0) is 12.8. The van der Waals surface area contributed by atoms with Crippen molar-refractivity contribution in [3.8, 4) is 12.1 Å². The number of ether oxygens (including phenoxy) is 1. The molecule has 0 radical (unpaired) electrons. The Morgan fingerprint density at radius 3 is 2.53 bits per heavy atom. The maximum atomic E-state index is 11.3. The van der Waals surface area contributed by atoms with Crippen LogP contribution in [-0.2, 0) is 4.74 Å². The second-order valence-electron chi connectivity index (χ2n) is 3.01. The lowest BCUT2D eigenvalue weighted by Gasteiger charge is -2.03. The highest BCUT2D eigenvalue weighted by atomic mass is 79.9. The molecule has 0 saturated carbocycles. The fourth-order valence-electron chi connectivity index (χ4n) is 1.15. The van der Waals surface area contributed by atoms with E-state index in [2.05, 4.69) is 20.7 Å². The number of carbonyl (C=O) groups excluding carboxylic acids is 1. The number of benzene rings is 1. The van der Waals surface area contributed by atoms with Crippen molar-refractivity contribution in [1.29, 1.82) is 10.5 Å². The highest BCUT2D eigenvalue weighted by Crippen LogP contribution is 2.20. The van der Waals surface area contributed by atoms with Crippen LogP contribution in [0, 0.1) is 22.7 Å². The van der Waals surface area contributed by atoms with Crippen LogP contribution in [0.1, 0.15) is 15.9 Å². The molecule has 0 unspecified atom stereocenters. The number of hydrogen-bond donors (Lipinski definition) is 0. The number of rotatable bonds is 2. The summed E-state index contributed by atoms with van der Waals surface area (Å²) in [6, 6.07) is 8.36. The third-order valence-electron chi connectivity index (χ3n) is 1.95. The molecule has 0 aromatic heterocycles. The van der Waals surface area contributed by atoms with Gasteiger partial charge in [0, 0.05) is 4.47 Å². The predicted octanol–water partition coefficient (Wildman–Crippen LogP) is 2.67. The van der Waals surface area contributed by atoms with E-state index in [0.29, 0.717) is 15.6 Å². The summed E-state index contributed by atoms with van der Waals surface area (Å²) >= 11 is 3.23. The number of esters is 1. The summed E-state index contributed by atoms with van der Waals surface area (Å²) in [6.07, 6.45) is 1.44. The number of allylic oxidation sites excluding steroid dienone is 1. The molecule has 0 amide bonds. The average molecular weight is 291 g/mol. The maximum absolute atomic E-state index is 11.3. The molecule has 0 fully saturated rings. The number of nitriles is 2. The molecule has 0 atom stereocenters. The van der Waals surface area contributed by atoms with Crippen molar-refractivity contribution in [2.45, 2.75) is 0 Å². The van der Waals surface area contributed by atoms with E-state index in [4.69, 9.17) is 10.5 Å². The molecular weight excluding hydrogens is 284 g/mol. The normalized spacial score (nSPS) is 8.71. The molecule has 4 nitrogen and oxygen atoms in total. The monoisotopic (exact) mass is 290 g/mol. The summed E-state index contributed by atoms with van der Waals surface area (Å²) in [5.41, 5.74) is 1.05. The van der Waals surface area contributed by atoms with Crippen LogP contribution in [0.15, 0.2) is 28.2 Å². The van der Waals surface area contributed by atoms with Crippen LogP contribution in [0.4, 0.5) is 0 Å². The lowest BCUT2D eigenvalue weighted by atomic mass is 10.1. The molecule has 0 aliphatic heterocycles. The smallest absolute Gasteiger partial charge is 0.339 e. The highest BCUT2D eigenvalue weighted by molar-refractivity contribution is 9.10. The van der Waals surface area contributed by atoms with E-state index in [-0.39, 0.29) is 5.57 Å². The van der Waals surface area contributed by atoms with E-state index >= 15 is 0 Å². The van der Waals surface area contributed by atoms with Crippen LogP contribution in [0.2, 0.25) is 0 Å². The topological polar surface area (TPSA) is 73.9 Å². The van der Waals surface area contributed by atoms with Gasteiger partial charge in [0.05, 0.1) is 12.7 Å². The zero-order valence-electron chi connectivity index (χ0n) is 8.90. The number of halogens is 1. The van der Waals surface area contributed by atoms with Gasteiger partial charge in [-0.05, 0) is 39.7 Å². The van der Waals surface area contributed by atoms with Gasteiger partial charge in [-0.25, -0.2) is 4.79 Å². The van der Waals surface area contributed by atoms with Gasteiger partial charge in [-0.1, -0.05) is 6.07 Å². The fourth-order valence-corrected chi connectivity index (χ4v) is 1.71. The molecule has 1 aromatic carbocycles. The Kier molecular flexibility index (Phi) is 4.45. The Hall–Kier alpha value is -2.11. The van der Waals surface area contributed by atoms with E-state index in [9.17, 15) is 4.79 Å². The Morgan fingerprint density at radius 1 is 1.41 bits per heavy atom. The van der Waals surface area contributed by atoms with Gasteiger partial charge in [0.15, 0.2) is 0 Å². The number of methoxy groups -OCH3 is 1. The average Bonchev–Trinajstić information content (AvgIpc) is 2.35. The Balaban J connectivity index is 3.15. The van der Waals surface area contributed by atoms with Crippen LogP contribution in [0.3, 0.4) is 0 Å². The van der Waals surface area contributed by atoms with Gasteiger partial charge in [-0.2, -0.15) is 10.5 Å². The maximum Gasteiger partial charge on any atom is 0.339 e. The van der Waals surface area contributed by atoms with Crippen LogP contribution in [-0.4, -0.2) is 13.1 Å². The van der Waals surface area contributed by atoms with Crippen LogP contribution in [0.5, 0.6) is 0 Å². The molecule has 0 N–H and O–H groups in total. The number of hydrogen-bond acceptors (Lipinski definition) is 4. The summed E-state index contributed by atoms with van der Waals surface area (Å²) in [6.45, 7) is 0. The van der Waals surface area contributed by atoms with Crippen LogP contribution >= 0.6 is 15.9 Å². The van der Waals surface area contributed by atoms with Crippen molar-refractivity contribution in [1.82, 2.24) is 0 Å². The second-order valence-corrected chi connectivity index (χ2v) is 3.87. The lowest BCUT2D eigenvalue weighted by Crippen LogP contribution is -2.02. The molecular formula is C12H7BrN2O2. The number of nitrogens with zero attached hydrogens (tertiary/aromatic N) is 2. The molecule has 1 rings (SSSR count). The largest absolute Gasteiger partial charge is 0.465 e. The summed E-state index contributed by atoms with van der Waals surface area (Å²) in [7, 11) is 1.30. The SMILES string of the molecule is COC(=O)c1ccc(C=C(C#N)C#N)cc1Br. The van der Waals surface area contributed by atoms with Gasteiger partial charge in [-0.3, -0.25) is 0 Å². The van der Waals surface area contributed by atoms with Crippen LogP contribution < -0.4 is 0 Å². The third-order valence-corrected chi connectivity index (χ3v) is 2.61. The first-order chi connectivity index (χ1) is 8.12. The van der Waals surface area contributed by atoms with Crippen molar-refractivity contribution in [3.63, 3.8) is 0 Å². The van der Waals surface area contributed by atoms with Crippen molar-refractivity contribution in [2.75, 3.05) is 7.11 Å². The Bertz CT molecular complexity index is 549. The summed E-state index contributed by atoms with van der Waals surface area (Å²) in [5.74, 6) is -0.451. The molecule has 0 heterocycles. The first-order valence-corrected chi connectivity index (χ1v) is 5.31. The molecule has 17 heavy (non-hydrogen) atoms. The summed E-state index contributed by atoms with van der Waals surface area (Å²) in [5, 5.41) is 17.2. The van der Waals surface area contributed by atoms with E-state index < -0.39 is 5.97 Å². The molecule has 0 aliphatic carbocycles. The summed E-state index contributed by atoms with van der Waals surface area (Å²) in [4.78, 5) is 11.3. The minimum Gasteiger partial charge on any atom is -0.465 e. The van der Waals surface area contributed by atoms with E-state index in [0.717, 1.165) is 0 Å². The molecule has 0 spiro atoms. The zero-order valence-corrected chi connectivity index (χ0v) is 10.5. The van der Waals surface area contributed by atoms with Crippen LogP contribution in [0.25, 0.3) is 6.08 Å². The van der Waals surface area contributed by atoms with Gasteiger partial charge in [0.25, 0.3) is 0 Å². The minimum absolute atomic E-state index is 0.00252. The Labute approximate surface area is 107 Å². The lowest BCUT2D eigenvalue weighted by molar-refractivity contribution is 0.0599. The first-order valence-electron chi connectivity index (χ1n) is 4.52. The van der Waals surface area contributed by atoms with E-state index in [1.54, 1.807) is 30.3 Å². The van der Waals surface area contributed by atoms with Crippen molar-refractivity contribution >= 4 is 28.0 Å². The molecule has 84 valence electrons. The fraction of sp³-hybridized carbons (Fsp3) is 0.0833. The van der Waals surface area contributed by atoms with Gasteiger partial charge in [-0.15, -0.1) is 0 Å². The summed E-state index contributed by atoms with van der Waals surface area (Å²) < 4.78 is 5.14. The van der Waals surface area contributed by atoms with Gasteiger partial charge < -0.3 is 4.74 Å². The van der Waals surface area contributed by atoms with Crippen molar-refractivity contribution in [3.05, 3.63) is 39.4 Å². The standard InChI is InChI=1S/C12H7BrN2O2/c1-17-12(16)10-3-2-8(5-11(10)13)4-9(6-14)7-15/h2-5H,1H3. The van der Waals surface area contributed by atoms with Gasteiger partial charge >= 0.3 is 5.97 Å². The molecule has 0 saturated heterocycles.